The molecule has 2 atom stereocenters. The first-order valence-electron chi connectivity index (χ1n) is 8.70. The van der Waals surface area contributed by atoms with E-state index in [9.17, 15) is 9.59 Å². The van der Waals surface area contributed by atoms with Crippen LogP contribution in [0.4, 0.5) is 4.79 Å². The van der Waals surface area contributed by atoms with Crippen molar-refractivity contribution in [1.29, 1.82) is 0 Å². The molecule has 4 nitrogen and oxygen atoms in total. The minimum Gasteiger partial charge on any atom is -0.445 e. The molecule has 0 aromatic heterocycles. The maximum Gasteiger partial charge on any atom is 0.410 e. The highest BCUT2D eigenvalue weighted by molar-refractivity contribution is 5.83. The van der Waals surface area contributed by atoms with E-state index in [4.69, 9.17) is 4.74 Å². The van der Waals surface area contributed by atoms with Crippen LogP contribution in [0, 0.1) is 5.92 Å². The number of nitrogens with zero attached hydrogens (tertiary/aromatic N) is 1. The van der Waals surface area contributed by atoms with Crippen LogP contribution in [0.3, 0.4) is 0 Å². The summed E-state index contributed by atoms with van der Waals surface area (Å²) < 4.78 is 5.50. The summed E-state index contributed by atoms with van der Waals surface area (Å²) in [7, 11) is 0. The van der Waals surface area contributed by atoms with Crippen LogP contribution < -0.4 is 0 Å². The third kappa shape index (κ3) is 3.69. The van der Waals surface area contributed by atoms with Gasteiger partial charge in [-0.1, -0.05) is 42.5 Å². The van der Waals surface area contributed by atoms with Crippen LogP contribution in [-0.4, -0.2) is 28.9 Å². The van der Waals surface area contributed by atoms with E-state index >= 15 is 0 Å². The van der Waals surface area contributed by atoms with E-state index in [-0.39, 0.29) is 29.9 Å². The fourth-order valence-corrected chi connectivity index (χ4v) is 3.97. The SMILES string of the molecule is C=C(C)CC(=O)C1CC2CCC(C1)N2C(=O)OCc1ccccc1. The molecule has 2 aliphatic heterocycles. The number of carbonyl (C=O) groups is 2. The van der Waals surface area contributed by atoms with Gasteiger partial charge in [-0.05, 0) is 38.2 Å². The molecule has 1 aromatic rings. The van der Waals surface area contributed by atoms with Crippen LogP contribution >= 0.6 is 0 Å². The quantitative estimate of drug-likeness (QED) is 0.765. The van der Waals surface area contributed by atoms with Gasteiger partial charge < -0.3 is 9.64 Å². The lowest BCUT2D eigenvalue weighted by Gasteiger charge is -2.37. The predicted octanol–water partition coefficient (Wildman–Crippen LogP) is 4.10. The van der Waals surface area contributed by atoms with Crippen LogP contribution in [0.1, 0.15) is 44.6 Å². The van der Waals surface area contributed by atoms with Gasteiger partial charge in [0.15, 0.2) is 0 Å². The van der Waals surface area contributed by atoms with Gasteiger partial charge in [-0.3, -0.25) is 4.79 Å². The molecule has 2 saturated heterocycles. The van der Waals surface area contributed by atoms with E-state index in [0.717, 1.165) is 36.8 Å². The molecule has 0 spiro atoms. The second-order valence-electron chi connectivity index (χ2n) is 7.10. The monoisotopic (exact) mass is 327 g/mol. The maximum atomic E-state index is 12.5. The molecule has 0 aliphatic carbocycles. The molecular formula is C20H25NO3. The van der Waals surface area contributed by atoms with Crippen molar-refractivity contribution >= 4 is 11.9 Å². The summed E-state index contributed by atoms with van der Waals surface area (Å²) in [5.41, 5.74) is 1.90. The number of Topliss-reactive ketones (excluding diaryl/α,β-unsaturated/α-hetero) is 1. The van der Waals surface area contributed by atoms with Gasteiger partial charge in [0.2, 0.25) is 0 Å². The highest BCUT2D eigenvalue weighted by Gasteiger charge is 2.45. The van der Waals surface area contributed by atoms with Gasteiger partial charge in [0.05, 0.1) is 0 Å². The van der Waals surface area contributed by atoms with Crippen molar-refractivity contribution in [2.75, 3.05) is 0 Å². The van der Waals surface area contributed by atoms with Crippen molar-refractivity contribution < 1.29 is 14.3 Å². The third-order valence-corrected chi connectivity index (χ3v) is 5.08. The zero-order valence-electron chi connectivity index (χ0n) is 14.2. The van der Waals surface area contributed by atoms with E-state index in [1.54, 1.807) is 0 Å². The number of carbonyl (C=O) groups excluding carboxylic acids is 2. The average molecular weight is 327 g/mol. The summed E-state index contributed by atoms with van der Waals surface area (Å²) in [5, 5.41) is 0. The van der Waals surface area contributed by atoms with Crippen LogP contribution in [-0.2, 0) is 16.1 Å². The Morgan fingerprint density at radius 3 is 2.38 bits per heavy atom. The van der Waals surface area contributed by atoms with Crippen molar-refractivity contribution in [1.82, 2.24) is 4.90 Å². The number of allylic oxidation sites excluding steroid dienone is 1. The normalized spacial score (nSPS) is 25.4. The lowest BCUT2D eigenvalue weighted by Crippen LogP contribution is -2.48. The Balaban J connectivity index is 1.57. The topological polar surface area (TPSA) is 46.6 Å². The first-order chi connectivity index (χ1) is 11.5. The number of ether oxygens (including phenoxy) is 1. The molecule has 2 unspecified atom stereocenters. The molecule has 1 amide bonds. The minimum absolute atomic E-state index is 0.0670. The zero-order chi connectivity index (χ0) is 17.1. The van der Waals surface area contributed by atoms with Crippen molar-refractivity contribution in [3.8, 4) is 0 Å². The molecule has 0 radical (unpaired) electrons. The molecule has 2 fully saturated rings. The molecule has 0 saturated carbocycles. The number of fused-ring (bicyclic) bond motifs is 2. The van der Waals surface area contributed by atoms with Crippen LogP contribution in [0.2, 0.25) is 0 Å². The maximum absolute atomic E-state index is 12.5. The number of hydrogen-bond acceptors (Lipinski definition) is 3. The highest BCUT2D eigenvalue weighted by atomic mass is 16.6. The van der Waals surface area contributed by atoms with Gasteiger partial charge in [0.1, 0.15) is 12.4 Å². The summed E-state index contributed by atoms with van der Waals surface area (Å²) in [5.74, 6) is 0.342. The van der Waals surface area contributed by atoms with Crippen molar-refractivity contribution in [2.45, 2.75) is 57.7 Å². The molecular weight excluding hydrogens is 302 g/mol. The summed E-state index contributed by atoms with van der Waals surface area (Å²) >= 11 is 0. The zero-order valence-corrected chi connectivity index (χ0v) is 14.2. The summed E-state index contributed by atoms with van der Waals surface area (Å²) in [6, 6.07) is 10.0. The van der Waals surface area contributed by atoms with E-state index in [1.807, 2.05) is 42.2 Å². The molecule has 24 heavy (non-hydrogen) atoms. The van der Waals surface area contributed by atoms with E-state index in [2.05, 4.69) is 6.58 Å². The third-order valence-electron chi connectivity index (χ3n) is 5.08. The first-order valence-corrected chi connectivity index (χ1v) is 8.70. The number of amides is 1. The van der Waals surface area contributed by atoms with Gasteiger partial charge in [-0.2, -0.15) is 0 Å². The summed E-state index contributed by atoms with van der Waals surface area (Å²) in [4.78, 5) is 26.7. The standard InChI is InChI=1S/C20H25NO3/c1-14(2)10-19(22)16-11-17-8-9-18(12-16)21(17)20(23)24-13-15-6-4-3-5-7-15/h3-7,16-18H,1,8-13H2,2H3. The van der Waals surface area contributed by atoms with E-state index in [0.29, 0.717) is 13.0 Å². The molecule has 2 aliphatic rings. The van der Waals surface area contributed by atoms with Gasteiger partial charge in [-0.15, -0.1) is 0 Å². The number of rotatable bonds is 5. The molecule has 3 rings (SSSR count). The lowest BCUT2D eigenvalue weighted by atomic mass is 9.85. The Kier molecular flexibility index (Phi) is 5.03. The predicted molar refractivity (Wildman–Crippen MR) is 92.4 cm³/mol. The smallest absolute Gasteiger partial charge is 0.410 e. The Hall–Kier alpha value is -2.10. The second kappa shape index (κ2) is 7.20. The molecule has 4 heteroatoms. The minimum atomic E-state index is -0.239. The Labute approximate surface area is 143 Å². The molecule has 0 N–H and O–H groups in total. The van der Waals surface area contributed by atoms with Crippen LogP contribution in [0.15, 0.2) is 42.5 Å². The van der Waals surface area contributed by atoms with Crippen molar-refractivity contribution in [3.63, 3.8) is 0 Å². The van der Waals surface area contributed by atoms with Crippen molar-refractivity contribution in [3.05, 3.63) is 48.0 Å². The number of ketones is 1. The fourth-order valence-electron chi connectivity index (χ4n) is 3.97. The van der Waals surface area contributed by atoms with Crippen molar-refractivity contribution in [2.24, 2.45) is 5.92 Å². The lowest BCUT2D eigenvalue weighted by molar-refractivity contribution is -0.124. The molecule has 2 bridgehead atoms. The van der Waals surface area contributed by atoms with Crippen LogP contribution in [0.25, 0.3) is 0 Å². The molecule has 2 heterocycles. The number of piperidine rings is 1. The van der Waals surface area contributed by atoms with Gasteiger partial charge in [-0.25, -0.2) is 4.79 Å². The summed E-state index contributed by atoms with van der Waals surface area (Å²) in [6.45, 7) is 6.03. The Bertz CT molecular complexity index is 611. The van der Waals surface area contributed by atoms with Gasteiger partial charge in [0.25, 0.3) is 0 Å². The van der Waals surface area contributed by atoms with Gasteiger partial charge >= 0.3 is 6.09 Å². The highest BCUT2D eigenvalue weighted by Crippen LogP contribution is 2.40. The summed E-state index contributed by atoms with van der Waals surface area (Å²) in [6.07, 6.45) is 3.70. The average Bonchev–Trinajstić information content (AvgIpc) is 2.83. The molecule has 128 valence electrons. The van der Waals surface area contributed by atoms with E-state index < -0.39 is 0 Å². The number of benzene rings is 1. The Morgan fingerprint density at radius 2 is 1.79 bits per heavy atom. The molecule has 1 aromatic carbocycles. The van der Waals surface area contributed by atoms with E-state index in [1.165, 1.54) is 0 Å². The fraction of sp³-hybridized carbons (Fsp3) is 0.500. The van der Waals surface area contributed by atoms with Gasteiger partial charge in [0, 0.05) is 24.4 Å². The second-order valence-corrected chi connectivity index (χ2v) is 7.10. The van der Waals surface area contributed by atoms with Crippen LogP contribution in [0.5, 0.6) is 0 Å². The number of hydrogen-bond donors (Lipinski definition) is 0. The largest absolute Gasteiger partial charge is 0.445 e. The first kappa shape index (κ1) is 16.7. The Morgan fingerprint density at radius 1 is 1.17 bits per heavy atom.